The molecule has 0 spiro atoms. The number of nitrogens with zero attached hydrogens (tertiary/aromatic N) is 1. The Morgan fingerprint density at radius 1 is 0.893 bits per heavy atom. The molecule has 150 valence electrons. The van der Waals surface area contributed by atoms with Crippen molar-refractivity contribution < 1.29 is 19.8 Å². The highest BCUT2D eigenvalue weighted by molar-refractivity contribution is 9.10. The molecule has 0 saturated carbocycles. The third-order valence-corrected chi connectivity index (χ3v) is 5.36. The smallest absolute Gasteiger partial charge is 0.414 e. The van der Waals surface area contributed by atoms with Gasteiger partial charge in [-0.1, -0.05) is 44.0 Å². The van der Waals surface area contributed by atoms with Crippen molar-refractivity contribution in [3.05, 3.63) is 63.0 Å². The third kappa shape index (κ3) is 8.00. The number of rotatable bonds is 4. The number of anilines is 1. The van der Waals surface area contributed by atoms with Crippen LogP contribution in [0.1, 0.15) is 18.4 Å². The fourth-order valence-electron chi connectivity index (χ4n) is 2.87. The molecular formula is C20H22Br2N2O4. The van der Waals surface area contributed by atoms with Gasteiger partial charge in [0.15, 0.2) is 0 Å². The van der Waals surface area contributed by atoms with Crippen LogP contribution in [0.4, 0.5) is 5.69 Å². The molecule has 2 aromatic carbocycles. The Morgan fingerprint density at radius 3 is 1.82 bits per heavy atom. The summed E-state index contributed by atoms with van der Waals surface area (Å²) in [6.07, 6.45) is 2.40. The highest BCUT2D eigenvalue weighted by Gasteiger charge is 2.19. The second-order valence-corrected chi connectivity index (χ2v) is 8.27. The number of benzene rings is 2. The van der Waals surface area contributed by atoms with Crippen molar-refractivity contribution in [1.82, 2.24) is 4.90 Å². The molecule has 6 nitrogen and oxygen atoms in total. The molecule has 3 N–H and O–H groups in total. The van der Waals surface area contributed by atoms with Crippen LogP contribution < -0.4 is 5.32 Å². The molecule has 1 aliphatic rings. The van der Waals surface area contributed by atoms with Gasteiger partial charge in [-0.15, -0.1) is 0 Å². The molecule has 0 bridgehead atoms. The highest BCUT2D eigenvalue weighted by Crippen LogP contribution is 2.20. The SMILES string of the molecule is Brc1ccc(CN2CCC(Nc3ccc(Br)cc3)CC2)cc1.O=C(O)C(=O)O. The lowest BCUT2D eigenvalue weighted by Crippen LogP contribution is -2.38. The van der Waals surface area contributed by atoms with Crippen LogP contribution in [0.5, 0.6) is 0 Å². The summed E-state index contributed by atoms with van der Waals surface area (Å²) in [5, 5.41) is 18.4. The Morgan fingerprint density at radius 2 is 1.36 bits per heavy atom. The molecule has 2 aromatic rings. The second kappa shape index (κ2) is 11.2. The van der Waals surface area contributed by atoms with Gasteiger partial charge in [0.2, 0.25) is 0 Å². The Balaban J connectivity index is 0.000000409. The minimum Gasteiger partial charge on any atom is -0.473 e. The monoisotopic (exact) mass is 512 g/mol. The molecule has 0 radical (unpaired) electrons. The van der Waals surface area contributed by atoms with Crippen LogP contribution in [0.15, 0.2) is 57.5 Å². The molecule has 28 heavy (non-hydrogen) atoms. The summed E-state index contributed by atoms with van der Waals surface area (Å²) in [5.41, 5.74) is 2.61. The molecule has 0 unspecified atom stereocenters. The number of carboxylic acids is 2. The molecule has 0 aliphatic carbocycles. The van der Waals surface area contributed by atoms with E-state index in [4.69, 9.17) is 19.8 Å². The van der Waals surface area contributed by atoms with Gasteiger partial charge in [-0.2, -0.15) is 0 Å². The van der Waals surface area contributed by atoms with Crippen LogP contribution in [-0.4, -0.2) is 46.2 Å². The molecule has 1 heterocycles. The van der Waals surface area contributed by atoms with Gasteiger partial charge in [-0.25, -0.2) is 9.59 Å². The van der Waals surface area contributed by atoms with E-state index in [1.54, 1.807) is 0 Å². The number of hydrogen-bond acceptors (Lipinski definition) is 4. The van der Waals surface area contributed by atoms with E-state index in [0.29, 0.717) is 6.04 Å². The number of piperidine rings is 1. The molecule has 1 fully saturated rings. The number of likely N-dealkylation sites (tertiary alicyclic amines) is 1. The molecule has 0 atom stereocenters. The third-order valence-electron chi connectivity index (χ3n) is 4.30. The van der Waals surface area contributed by atoms with Crippen LogP contribution in [0, 0.1) is 0 Å². The van der Waals surface area contributed by atoms with Gasteiger partial charge in [-0.3, -0.25) is 4.90 Å². The van der Waals surface area contributed by atoms with Gasteiger partial charge >= 0.3 is 11.9 Å². The minimum atomic E-state index is -1.82. The maximum atomic E-state index is 9.10. The number of hydrogen-bond donors (Lipinski definition) is 3. The number of nitrogens with one attached hydrogen (secondary N) is 1. The number of halogens is 2. The topological polar surface area (TPSA) is 89.9 Å². The Bertz CT molecular complexity index is 706. The quantitative estimate of drug-likeness (QED) is 0.523. The Labute approximate surface area is 180 Å². The lowest BCUT2D eigenvalue weighted by Gasteiger charge is -2.33. The summed E-state index contributed by atoms with van der Waals surface area (Å²) in [5.74, 6) is -3.65. The van der Waals surface area contributed by atoms with Gasteiger partial charge in [0.1, 0.15) is 0 Å². The summed E-state index contributed by atoms with van der Waals surface area (Å²) in [7, 11) is 0. The first kappa shape index (κ1) is 22.4. The summed E-state index contributed by atoms with van der Waals surface area (Å²) >= 11 is 6.97. The van der Waals surface area contributed by atoms with Crippen molar-refractivity contribution in [1.29, 1.82) is 0 Å². The van der Waals surface area contributed by atoms with Crippen molar-refractivity contribution in [2.45, 2.75) is 25.4 Å². The van der Waals surface area contributed by atoms with Crippen molar-refractivity contribution in [3.8, 4) is 0 Å². The molecule has 0 aromatic heterocycles. The van der Waals surface area contributed by atoms with E-state index in [2.05, 4.69) is 90.6 Å². The molecule has 1 saturated heterocycles. The maximum absolute atomic E-state index is 9.10. The van der Waals surface area contributed by atoms with E-state index in [0.717, 1.165) is 28.6 Å². The van der Waals surface area contributed by atoms with Crippen molar-refractivity contribution in [2.24, 2.45) is 0 Å². The van der Waals surface area contributed by atoms with Crippen LogP contribution in [0.2, 0.25) is 0 Å². The molecule has 8 heteroatoms. The van der Waals surface area contributed by atoms with E-state index in [1.807, 2.05) is 0 Å². The van der Waals surface area contributed by atoms with Crippen LogP contribution in [0.25, 0.3) is 0 Å². The first-order chi connectivity index (χ1) is 13.3. The highest BCUT2D eigenvalue weighted by atomic mass is 79.9. The number of carbonyl (C=O) groups is 2. The number of carboxylic acid groups (broad SMARTS) is 2. The normalized spacial score (nSPS) is 14.6. The fraction of sp³-hybridized carbons (Fsp3) is 0.300. The average molecular weight is 514 g/mol. The molecule has 1 aliphatic heterocycles. The van der Waals surface area contributed by atoms with Gasteiger partial charge < -0.3 is 15.5 Å². The standard InChI is InChI=1S/C18H20Br2N2.C2H2O4/c19-15-3-1-14(2-4-15)13-22-11-9-18(10-12-22)21-17-7-5-16(20)6-8-17;3-1(4)2(5)6/h1-8,18,21H,9-13H2;(H,3,4)(H,5,6). The number of aliphatic carboxylic acids is 2. The fourth-order valence-corrected chi connectivity index (χ4v) is 3.39. The molecule has 3 rings (SSSR count). The summed E-state index contributed by atoms with van der Waals surface area (Å²) in [6.45, 7) is 3.37. The van der Waals surface area contributed by atoms with E-state index in [1.165, 1.54) is 24.1 Å². The first-order valence-corrected chi connectivity index (χ1v) is 10.4. The van der Waals surface area contributed by atoms with E-state index in [9.17, 15) is 0 Å². The Kier molecular flexibility index (Phi) is 8.95. The summed E-state index contributed by atoms with van der Waals surface area (Å²) in [6, 6.07) is 17.7. The van der Waals surface area contributed by atoms with Crippen LogP contribution in [0.3, 0.4) is 0 Å². The average Bonchev–Trinajstić information content (AvgIpc) is 2.67. The first-order valence-electron chi connectivity index (χ1n) is 8.78. The molecular weight excluding hydrogens is 492 g/mol. The van der Waals surface area contributed by atoms with Gasteiger partial charge in [0.25, 0.3) is 0 Å². The summed E-state index contributed by atoms with van der Waals surface area (Å²) in [4.78, 5) is 20.7. The van der Waals surface area contributed by atoms with E-state index >= 15 is 0 Å². The largest absolute Gasteiger partial charge is 0.473 e. The van der Waals surface area contributed by atoms with Crippen molar-refractivity contribution >= 4 is 49.5 Å². The van der Waals surface area contributed by atoms with Gasteiger partial charge in [-0.05, 0) is 54.8 Å². The lowest BCUT2D eigenvalue weighted by atomic mass is 10.0. The summed E-state index contributed by atoms with van der Waals surface area (Å²) < 4.78 is 2.27. The zero-order valence-corrected chi connectivity index (χ0v) is 18.3. The van der Waals surface area contributed by atoms with Crippen molar-refractivity contribution in [3.63, 3.8) is 0 Å². The zero-order valence-electron chi connectivity index (χ0n) is 15.1. The Hall–Kier alpha value is -1.90. The maximum Gasteiger partial charge on any atom is 0.414 e. The van der Waals surface area contributed by atoms with Gasteiger partial charge in [0.05, 0.1) is 0 Å². The zero-order chi connectivity index (χ0) is 20.5. The van der Waals surface area contributed by atoms with Crippen molar-refractivity contribution in [2.75, 3.05) is 18.4 Å². The predicted octanol–water partition coefficient (Wildman–Crippen LogP) is 4.44. The van der Waals surface area contributed by atoms with E-state index in [-0.39, 0.29) is 0 Å². The van der Waals surface area contributed by atoms with Crippen LogP contribution in [-0.2, 0) is 16.1 Å². The second-order valence-electron chi connectivity index (χ2n) is 6.44. The van der Waals surface area contributed by atoms with E-state index < -0.39 is 11.9 Å². The lowest BCUT2D eigenvalue weighted by molar-refractivity contribution is -0.159. The molecule has 0 amide bonds. The minimum absolute atomic E-state index is 0.586. The van der Waals surface area contributed by atoms with Gasteiger partial charge in [0, 0.05) is 40.3 Å². The predicted molar refractivity (Wildman–Crippen MR) is 115 cm³/mol. The van der Waals surface area contributed by atoms with Crippen LogP contribution >= 0.6 is 31.9 Å².